The summed E-state index contributed by atoms with van der Waals surface area (Å²) in [6.45, 7) is 9.42. The third kappa shape index (κ3) is 6.35. The first kappa shape index (κ1) is 28.7. The quantitative estimate of drug-likeness (QED) is 0.378. The maximum atomic E-state index is 2.61. The number of allylic oxidation sites excluding steroid dienone is 4. The summed E-state index contributed by atoms with van der Waals surface area (Å²) in [5.41, 5.74) is 5.69. The van der Waals surface area contributed by atoms with Gasteiger partial charge in [-0.25, -0.2) is 0 Å². The van der Waals surface area contributed by atoms with Gasteiger partial charge in [-0.2, -0.15) is 0 Å². The first-order valence-electron chi connectivity index (χ1n) is 9.75. The summed E-state index contributed by atoms with van der Waals surface area (Å²) in [6.07, 6.45) is 6.16. The van der Waals surface area contributed by atoms with Crippen molar-refractivity contribution in [3.63, 3.8) is 0 Å². The Morgan fingerprint density at radius 3 is 2.07 bits per heavy atom. The second-order valence-corrected chi connectivity index (χ2v) is 13.0. The Labute approximate surface area is 208 Å². The van der Waals surface area contributed by atoms with Crippen molar-refractivity contribution in [1.82, 2.24) is 0 Å². The predicted octanol–water partition coefficient (Wildman–Crippen LogP) is -2.77. The van der Waals surface area contributed by atoms with Crippen molar-refractivity contribution in [3.05, 3.63) is 80.4 Å². The maximum Gasteiger partial charge on any atom is -1.00 e. The van der Waals surface area contributed by atoms with Gasteiger partial charge in [0.15, 0.2) is 0 Å². The van der Waals surface area contributed by atoms with E-state index in [9.17, 15) is 0 Å². The molecule has 1 atom stereocenters. The minimum Gasteiger partial charge on any atom is -1.00 e. The fraction of sp³-hybridized carbons (Fsp3) is 0.333. The second kappa shape index (κ2) is 12.5. The average Bonchev–Trinajstić information content (AvgIpc) is 3.02. The van der Waals surface area contributed by atoms with Crippen molar-refractivity contribution in [2.45, 2.75) is 52.6 Å². The number of halogens is 3. The van der Waals surface area contributed by atoms with E-state index in [1.54, 1.807) is 14.3 Å². The van der Waals surface area contributed by atoms with Gasteiger partial charge in [0.05, 0.1) is 0 Å². The van der Waals surface area contributed by atoms with Crippen LogP contribution in [0.2, 0.25) is 12.6 Å². The molecule has 1 aliphatic rings. The van der Waals surface area contributed by atoms with Crippen LogP contribution >= 0.6 is 0 Å². The molecule has 0 N–H and O–H groups in total. The van der Waals surface area contributed by atoms with Gasteiger partial charge >= 0.3 is 172 Å². The van der Waals surface area contributed by atoms with E-state index in [-0.39, 0.29) is 37.2 Å². The molecule has 0 bridgehead atoms. The van der Waals surface area contributed by atoms with E-state index in [4.69, 9.17) is 0 Å². The summed E-state index contributed by atoms with van der Waals surface area (Å²) in [5, 5.41) is 3.31. The van der Waals surface area contributed by atoms with Crippen LogP contribution in [-0.2, 0) is 20.4 Å². The van der Waals surface area contributed by atoms with E-state index in [0.29, 0.717) is 0 Å². The molecule has 1 aliphatic carbocycles. The van der Waals surface area contributed by atoms with Gasteiger partial charge in [-0.15, -0.1) is 0 Å². The molecule has 0 saturated heterocycles. The van der Waals surface area contributed by atoms with Gasteiger partial charge < -0.3 is 37.2 Å². The fourth-order valence-electron chi connectivity index (χ4n) is 4.32. The average molecular weight is 500 g/mol. The Balaban J connectivity index is 0.00000261. The zero-order chi connectivity index (χ0) is 18.7. The largest absolute Gasteiger partial charge is 1.00 e. The van der Waals surface area contributed by atoms with Crippen molar-refractivity contribution in [3.8, 4) is 0 Å². The topological polar surface area (TPSA) is 0 Å². The number of hydrogen-bond acceptors (Lipinski definition) is 0. The van der Waals surface area contributed by atoms with Crippen molar-refractivity contribution >= 4 is 18.8 Å². The first-order chi connectivity index (χ1) is 12.5. The van der Waals surface area contributed by atoms with E-state index in [2.05, 4.69) is 102 Å². The molecule has 0 spiro atoms. The third-order valence-corrected chi connectivity index (χ3v) is 11.3. The van der Waals surface area contributed by atoms with Gasteiger partial charge in [-0.05, 0) is 0 Å². The van der Waals surface area contributed by atoms with Crippen molar-refractivity contribution in [2.75, 3.05) is 0 Å². The Kier molecular flexibility index (Phi) is 12.4. The zero-order valence-corrected chi connectivity index (χ0v) is 22.5. The number of unbranched alkanes of at least 4 members (excludes halogenated alkanes) is 1. The summed E-state index contributed by atoms with van der Waals surface area (Å²) >= 11 is 2.36. The molecule has 1 unspecified atom stereocenters. The standard InChI is InChI=1S/C24H29Si.3ClH.Ti/c1-5-6-15-25(4,22-17-19(2)16-20(3)18-22)24-14-10-13-23(24)21-11-8-7-9-12-21;;;;/h7-9,11-13,16-18H,5-6,10,15H2,1-4H3;3*1H;/q;;;;+3/p-3. The summed E-state index contributed by atoms with van der Waals surface area (Å²) in [5.74, 6) is 0. The van der Waals surface area contributed by atoms with Gasteiger partial charge in [-0.3, -0.25) is 0 Å². The summed E-state index contributed by atoms with van der Waals surface area (Å²) in [4.78, 5) is 0. The molecule has 0 amide bonds. The van der Waals surface area contributed by atoms with Crippen LogP contribution in [0.25, 0.3) is 5.57 Å². The molecule has 154 valence electrons. The smallest absolute Gasteiger partial charge is 1.00 e. The Morgan fingerprint density at radius 2 is 1.52 bits per heavy atom. The molecular formula is C24H29Cl3SiTi. The molecular weight excluding hydrogens is 471 g/mol. The van der Waals surface area contributed by atoms with E-state index in [1.807, 2.05) is 0 Å². The molecule has 5 heteroatoms. The molecule has 3 rings (SSSR count). The molecule has 2 aromatic rings. The summed E-state index contributed by atoms with van der Waals surface area (Å²) in [6, 6.07) is 19.6. The van der Waals surface area contributed by atoms with Crippen LogP contribution in [0.15, 0.2) is 63.7 Å². The van der Waals surface area contributed by atoms with Crippen LogP contribution in [0.5, 0.6) is 0 Å². The van der Waals surface area contributed by atoms with Crippen LogP contribution < -0.4 is 42.4 Å². The van der Waals surface area contributed by atoms with E-state index in [0.717, 1.165) is 6.42 Å². The van der Waals surface area contributed by atoms with Gasteiger partial charge in [0.25, 0.3) is 0 Å². The number of benzene rings is 2. The normalized spacial score (nSPS) is 14.9. The minimum atomic E-state index is -1.77. The SMILES string of the molecule is CCCC[Si](C)(C1=[C]([Ti+3])CC=C1c1ccccc1)c1cc(C)cc(C)c1.[Cl-].[Cl-].[Cl-]. The van der Waals surface area contributed by atoms with E-state index < -0.39 is 8.07 Å². The Bertz CT molecular complexity index is 841. The third-order valence-electron chi connectivity index (χ3n) is 5.61. The molecule has 0 radical (unpaired) electrons. The minimum absolute atomic E-state index is 0. The monoisotopic (exact) mass is 498 g/mol. The Hall–Kier alpha value is -0.279. The molecule has 0 nitrogen and oxygen atoms in total. The van der Waals surface area contributed by atoms with Crippen molar-refractivity contribution in [1.29, 1.82) is 0 Å². The number of hydrogen-bond donors (Lipinski definition) is 0. The van der Waals surface area contributed by atoms with Gasteiger partial charge in [-0.1, -0.05) is 0 Å². The number of aryl methyl sites for hydroxylation is 2. The van der Waals surface area contributed by atoms with E-state index >= 15 is 0 Å². The fourth-order valence-corrected chi connectivity index (χ4v) is 10.6. The Morgan fingerprint density at radius 1 is 0.931 bits per heavy atom. The zero-order valence-electron chi connectivity index (χ0n) is 17.7. The molecule has 0 aliphatic heterocycles. The van der Waals surface area contributed by atoms with Gasteiger partial charge in [0.2, 0.25) is 0 Å². The first-order valence-corrected chi connectivity index (χ1v) is 13.2. The summed E-state index contributed by atoms with van der Waals surface area (Å²) in [7, 11) is -1.77. The second-order valence-electron chi connectivity index (χ2n) is 7.85. The summed E-state index contributed by atoms with van der Waals surface area (Å²) < 4.78 is 1.59. The van der Waals surface area contributed by atoms with E-state index in [1.165, 1.54) is 41.1 Å². The van der Waals surface area contributed by atoms with Crippen molar-refractivity contribution in [2.24, 2.45) is 0 Å². The number of rotatable bonds is 6. The van der Waals surface area contributed by atoms with Gasteiger partial charge in [0, 0.05) is 0 Å². The molecule has 29 heavy (non-hydrogen) atoms. The van der Waals surface area contributed by atoms with Crippen LogP contribution in [0, 0.1) is 13.8 Å². The van der Waals surface area contributed by atoms with Gasteiger partial charge in [0.1, 0.15) is 0 Å². The molecule has 0 saturated carbocycles. The maximum absolute atomic E-state index is 2.61. The molecule has 0 fully saturated rings. The van der Waals surface area contributed by atoms with Crippen molar-refractivity contribution < 1.29 is 57.7 Å². The predicted molar refractivity (Wildman–Crippen MR) is 113 cm³/mol. The molecule has 2 aromatic carbocycles. The van der Waals surface area contributed by atoms with Crippen LogP contribution in [0.3, 0.4) is 0 Å². The molecule has 0 heterocycles. The van der Waals surface area contributed by atoms with Crippen LogP contribution in [0.1, 0.15) is 42.9 Å². The molecule has 0 aromatic heterocycles. The van der Waals surface area contributed by atoms with Crippen LogP contribution in [-0.4, -0.2) is 8.07 Å². The van der Waals surface area contributed by atoms with Crippen LogP contribution in [0.4, 0.5) is 0 Å².